The Bertz CT molecular complexity index is 914. The first kappa shape index (κ1) is 19.3. The van der Waals surface area contributed by atoms with Crippen LogP contribution in [0.4, 0.5) is 5.82 Å². The molecule has 1 aromatic carbocycles. The molecule has 0 atom stereocenters. The number of hydrogen-bond donors (Lipinski definition) is 1. The summed E-state index contributed by atoms with van der Waals surface area (Å²) in [5, 5.41) is 6.51. The van der Waals surface area contributed by atoms with Crippen LogP contribution in [0.2, 0.25) is 0 Å². The van der Waals surface area contributed by atoms with Crippen molar-refractivity contribution in [1.82, 2.24) is 10.1 Å². The van der Waals surface area contributed by atoms with Crippen LogP contribution in [-0.4, -0.2) is 34.3 Å². The van der Waals surface area contributed by atoms with Crippen molar-refractivity contribution < 1.29 is 18.9 Å². The van der Waals surface area contributed by atoms with E-state index in [1.807, 2.05) is 20.8 Å². The Morgan fingerprint density at radius 3 is 2.56 bits per heavy atom. The molecule has 0 aliphatic carbocycles. The van der Waals surface area contributed by atoms with E-state index in [2.05, 4.69) is 26.4 Å². The second-order valence-electron chi connectivity index (χ2n) is 7.43. The SMILES string of the molecule is CC(C)(C)c1cc(NC(=O)CCCN2C(=O)c3ccc(Br)cc3C2=O)no1. The summed E-state index contributed by atoms with van der Waals surface area (Å²) in [5.74, 6) is 0.130. The van der Waals surface area contributed by atoms with Crippen LogP contribution in [0, 0.1) is 0 Å². The zero-order valence-corrected chi connectivity index (χ0v) is 16.9. The zero-order valence-electron chi connectivity index (χ0n) is 15.3. The first-order chi connectivity index (χ1) is 12.7. The number of benzene rings is 1. The number of fused-ring (bicyclic) bond motifs is 1. The highest BCUT2D eigenvalue weighted by atomic mass is 79.9. The van der Waals surface area contributed by atoms with Gasteiger partial charge in [0.2, 0.25) is 5.91 Å². The molecule has 8 heteroatoms. The highest BCUT2D eigenvalue weighted by Gasteiger charge is 2.35. The number of carbonyl (C=O) groups excluding carboxylic acids is 3. The molecule has 0 bridgehead atoms. The van der Waals surface area contributed by atoms with Crippen LogP contribution in [0.5, 0.6) is 0 Å². The Kier molecular flexibility index (Phi) is 5.19. The molecule has 3 rings (SSSR count). The Morgan fingerprint density at radius 1 is 1.19 bits per heavy atom. The summed E-state index contributed by atoms with van der Waals surface area (Å²) in [5.41, 5.74) is 0.581. The summed E-state index contributed by atoms with van der Waals surface area (Å²) in [7, 11) is 0. The van der Waals surface area contributed by atoms with Gasteiger partial charge in [-0.15, -0.1) is 0 Å². The molecule has 7 nitrogen and oxygen atoms in total. The molecule has 1 aromatic heterocycles. The van der Waals surface area contributed by atoms with Crippen molar-refractivity contribution in [2.45, 2.75) is 39.0 Å². The van der Waals surface area contributed by atoms with Gasteiger partial charge in [0.1, 0.15) is 5.76 Å². The predicted octanol–water partition coefficient (Wildman–Crippen LogP) is 3.75. The summed E-state index contributed by atoms with van der Waals surface area (Å²) < 4.78 is 5.96. The van der Waals surface area contributed by atoms with Crippen LogP contribution in [0.15, 0.2) is 33.3 Å². The number of carbonyl (C=O) groups is 3. The number of aromatic nitrogens is 1. The molecule has 0 saturated heterocycles. The molecule has 0 saturated carbocycles. The third kappa shape index (κ3) is 4.10. The van der Waals surface area contributed by atoms with Crippen molar-refractivity contribution in [3.05, 3.63) is 45.6 Å². The number of anilines is 1. The smallest absolute Gasteiger partial charge is 0.261 e. The summed E-state index contributed by atoms with van der Waals surface area (Å²) in [4.78, 5) is 38.0. The summed E-state index contributed by atoms with van der Waals surface area (Å²) in [6.45, 7) is 6.14. The van der Waals surface area contributed by atoms with E-state index in [1.54, 1.807) is 24.3 Å². The van der Waals surface area contributed by atoms with Gasteiger partial charge >= 0.3 is 0 Å². The van der Waals surface area contributed by atoms with Gasteiger partial charge in [0, 0.05) is 28.9 Å². The van der Waals surface area contributed by atoms with E-state index in [9.17, 15) is 14.4 Å². The number of amides is 3. The van der Waals surface area contributed by atoms with Crippen molar-refractivity contribution in [2.75, 3.05) is 11.9 Å². The van der Waals surface area contributed by atoms with Crippen LogP contribution in [0.3, 0.4) is 0 Å². The van der Waals surface area contributed by atoms with Gasteiger partial charge in [-0.2, -0.15) is 0 Å². The molecule has 0 spiro atoms. The van der Waals surface area contributed by atoms with Crippen molar-refractivity contribution in [1.29, 1.82) is 0 Å². The topological polar surface area (TPSA) is 92.5 Å². The zero-order chi connectivity index (χ0) is 19.8. The summed E-state index contributed by atoms with van der Waals surface area (Å²) >= 11 is 3.30. The molecular formula is C19H20BrN3O4. The van der Waals surface area contributed by atoms with Crippen molar-refractivity contribution in [3.63, 3.8) is 0 Å². The average Bonchev–Trinajstić information content (AvgIpc) is 3.14. The van der Waals surface area contributed by atoms with Gasteiger partial charge in [-0.1, -0.05) is 41.9 Å². The van der Waals surface area contributed by atoms with Gasteiger partial charge in [0.25, 0.3) is 11.8 Å². The minimum atomic E-state index is -0.331. The predicted molar refractivity (Wildman–Crippen MR) is 103 cm³/mol. The van der Waals surface area contributed by atoms with Crippen molar-refractivity contribution in [3.8, 4) is 0 Å². The van der Waals surface area contributed by atoms with E-state index in [-0.39, 0.29) is 36.1 Å². The minimum Gasteiger partial charge on any atom is -0.359 e. The lowest BCUT2D eigenvalue weighted by Gasteiger charge is -2.13. The van der Waals surface area contributed by atoms with E-state index in [1.165, 1.54) is 4.90 Å². The fraction of sp³-hybridized carbons (Fsp3) is 0.368. The molecule has 1 aliphatic rings. The van der Waals surface area contributed by atoms with Crippen LogP contribution >= 0.6 is 15.9 Å². The van der Waals surface area contributed by atoms with Gasteiger partial charge in [-0.05, 0) is 24.6 Å². The van der Waals surface area contributed by atoms with Gasteiger partial charge in [-0.25, -0.2) is 0 Å². The van der Waals surface area contributed by atoms with E-state index in [0.717, 1.165) is 4.47 Å². The Labute approximate surface area is 165 Å². The lowest BCUT2D eigenvalue weighted by atomic mass is 9.93. The fourth-order valence-corrected chi connectivity index (χ4v) is 3.12. The van der Waals surface area contributed by atoms with Crippen LogP contribution in [-0.2, 0) is 10.2 Å². The Morgan fingerprint density at radius 2 is 1.89 bits per heavy atom. The molecule has 0 unspecified atom stereocenters. The van der Waals surface area contributed by atoms with Crippen LogP contribution in [0.1, 0.15) is 60.1 Å². The number of halogens is 1. The standard InChI is InChI=1S/C19H20BrN3O4/c1-19(2,3)14-10-15(22-27-14)21-16(24)5-4-8-23-17(25)12-7-6-11(20)9-13(12)18(23)26/h6-7,9-10H,4-5,8H2,1-3H3,(H,21,22,24). The first-order valence-corrected chi connectivity index (χ1v) is 9.39. The number of rotatable bonds is 5. The van der Waals surface area contributed by atoms with Crippen LogP contribution in [0.25, 0.3) is 0 Å². The maximum atomic E-state index is 12.4. The first-order valence-electron chi connectivity index (χ1n) is 8.59. The van der Waals surface area contributed by atoms with Gasteiger partial charge in [0.05, 0.1) is 11.1 Å². The Hall–Kier alpha value is -2.48. The molecule has 1 aliphatic heterocycles. The molecule has 3 amide bonds. The highest BCUT2D eigenvalue weighted by molar-refractivity contribution is 9.10. The third-order valence-electron chi connectivity index (χ3n) is 4.24. The van der Waals surface area contributed by atoms with E-state index < -0.39 is 0 Å². The molecule has 0 fully saturated rings. The lowest BCUT2D eigenvalue weighted by molar-refractivity contribution is -0.116. The van der Waals surface area contributed by atoms with E-state index in [0.29, 0.717) is 29.1 Å². The average molecular weight is 434 g/mol. The molecule has 27 heavy (non-hydrogen) atoms. The van der Waals surface area contributed by atoms with Gasteiger partial charge < -0.3 is 9.84 Å². The second-order valence-corrected chi connectivity index (χ2v) is 8.35. The molecular weight excluding hydrogens is 414 g/mol. The molecule has 2 aromatic rings. The van der Waals surface area contributed by atoms with Crippen molar-refractivity contribution in [2.24, 2.45) is 0 Å². The van der Waals surface area contributed by atoms with E-state index >= 15 is 0 Å². The number of nitrogens with zero attached hydrogens (tertiary/aromatic N) is 2. The number of imide groups is 1. The van der Waals surface area contributed by atoms with E-state index in [4.69, 9.17) is 4.52 Å². The normalized spacial score (nSPS) is 13.9. The van der Waals surface area contributed by atoms with Gasteiger partial charge in [-0.3, -0.25) is 19.3 Å². The maximum Gasteiger partial charge on any atom is 0.261 e. The number of hydrogen-bond acceptors (Lipinski definition) is 5. The molecule has 1 N–H and O–H groups in total. The molecule has 0 radical (unpaired) electrons. The monoisotopic (exact) mass is 433 g/mol. The quantitative estimate of drug-likeness (QED) is 0.724. The maximum absolute atomic E-state index is 12.4. The van der Waals surface area contributed by atoms with Crippen molar-refractivity contribution >= 4 is 39.5 Å². The van der Waals surface area contributed by atoms with Crippen LogP contribution < -0.4 is 5.32 Å². The fourth-order valence-electron chi connectivity index (χ4n) is 2.76. The molecule has 2 heterocycles. The summed E-state index contributed by atoms with van der Waals surface area (Å²) in [6.07, 6.45) is 0.525. The summed E-state index contributed by atoms with van der Waals surface area (Å²) in [6, 6.07) is 6.69. The second kappa shape index (κ2) is 7.26. The largest absolute Gasteiger partial charge is 0.359 e. The third-order valence-corrected chi connectivity index (χ3v) is 4.73. The number of nitrogens with one attached hydrogen (secondary N) is 1. The Balaban J connectivity index is 1.53. The van der Waals surface area contributed by atoms with Gasteiger partial charge in [0.15, 0.2) is 5.82 Å². The molecule has 142 valence electrons. The minimum absolute atomic E-state index is 0.162. The lowest BCUT2D eigenvalue weighted by Crippen LogP contribution is -2.31. The highest BCUT2D eigenvalue weighted by Crippen LogP contribution is 2.27.